The molecule has 0 aliphatic heterocycles. The zero-order valence-electron chi connectivity index (χ0n) is 12.9. The highest BCUT2D eigenvalue weighted by Crippen LogP contribution is 2.27. The molecule has 1 aromatic rings. The highest BCUT2D eigenvalue weighted by atomic mass is 16.5. The Labute approximate surface area is 121 Å². The van der Waals surface area contributed by atoms with Crippen LogP contribution in [-0.2, 0) is 4.79 Å². The quantitative estimate of drug-likeness (QED) is 0.841. The molecule has 1 rings (SSSR count). The normalized spacial score (nSPS) is 15.3. The van der Waals surface area contributed by atoms with Gasteiger partial charge < -0.3 is 15.2 Å². The molecule has 4 heteroatoms. The fourth-order valence-electron chi connectivity index (χ4n) is 1.80. The van der Waals surface area contributed by atoms with Crippen LogP contribution < -0.4 is 10.1 Å². The largest absolute Gasteiger partial charge is 0.481 e. The van der Waals surface area contributed by atoms with E-state index in [1.54, 1.807) is 13.8 Å². The molecular weight excluding hydrogens is 254 g/mol. The van der Waals surface area contributed by atoms with Gasteiger partial charge >= 0.3 is 0 Å². The molecule has 0 aliphatic carbocycles. The molecular formula is C16H25NO3. The Hall–Kier alpha value is -1.55. The number of ether oxygens (including phenoxy) is 1. The third kappa shape index (κ3) is 4.53. The second-order valence-electron chi connectivity index (χ2n) is 5.30. The summed E-state index contributed by atoms with van der Waals surface area (Å²) in [5.41, 5.74) is 1.72. The van der Waals surface area contributed by atoms with E-state index in [4.69, 9.17) is 4.74 Å². The maximum Gasteiger partial charge on any atom is 0.260 e. The van der Waals surface area contributed by atoms with Crippen molar-refractivity contribution in [2.45, 2.75) is 59.3 Å². The summed E-state index contributed by atoms with van der Waals surface area (Å²) < 4.78 is 5.72. The van der Waals surface area contributed by atoms with E-state index in [2.05, 4.69) is 5.32 Å². The maximum absolute atomic E-state index is 12.0. The van der Waals surface area contributed by atoms with E-state index >= 15 is 0 Å². The van der Waals surface area contributed by atoms with Crippen LogP contribution in [-0.4, -0.2) is 23.2 Å². The summed E-state index contributed by atoms with van der Waals surface area (Å²) in [6.45, 7) is 9.32. The number of hydrogen-bond acceptors (Lipinski definition) is 3. The van der Waals surface area contributed by atoms with Gasteiger partial charge in [-0.3, -0.25) is 4.79 Å². The van der Waals surface area contributed by atoms with Crippen molar-refractivity contribution in [2.75, 3.05) is 0 Å². The molecule has 4 nitrogen and oxygen atoms in total. The Morgan fingerprint density at radius 2 is 2.00 bits per heavy atom. The van der Waals surface area contributed by atoms with E-state index in [9.17, 15) is 9.90 Å². The Morgan fingerprint density at radius 3 is 2.55 bits per heavy atom. The van der Waals surface area contributed by atoms with Crippen LogP contribution in [0.5, 0.6) is 5.75 Å². The van der Waals surface area contributed by atoms with Crippen molar-refractivity contribution >= 4 is 5.91 Å². The first-order valence-corrected chi connectivity index (χ1v) is 7.10. The number of hydrogen-bond donors (Lipinski definition) is 2. The van der Waals surface area contributed by atoms with Crippen LogP contribution in [0.2, 0.25) is 0 Å². The molecule has 0 saturated heterocycles. The lowest BCUT2D eigenvalue weighted by molar-refractivity contribution is -0.127. The fourth-order valence-corrected chi connectivity index (χ4v) is 1.80. The monoisotopic (exact) mass is 279 g/mol. The Morgan fingerprint density at radius 1 is 1.35 bits per heavy atom. The summed E-state index contributed by atoms with van der Waals surface area (Å²) in [6.07, 6.45) is -0.347. The van der Waals surface area contributed by atoms with Gasteiger partial charge in [0.1, 0.15) is 5.75 Å². The molecule has 0 aromatic heterocycles. The fraction of sp³-hybridized carbons (Fsp3) is 0.562. The van der Waals surface area contributed by atoms with Gasteiger partial charge in [0.25, 0.3) is 5.91 Å². The number of benzene rings is 1. The number of aryl methyl sites for hydroxylation is 1. The summed E-state index contributed by atoms with van der Waals surface area (Å²) >= 11 is 0. The molecule has 1 amide bonds. The van der Waals surface area contributed by atoms with Crippen molar-refractivity contribution < 1.29 is 14.6 Å². The van der Waals surface area contributed by atoms with E-state index in [1.807, 2.05) is 39.0 Å². The average Bonchev–Trinajstić information content (AvgIpc) is 2.38. The van der Waals surface area contributed by atoms with Gasteiger partial charge in [-0.15, -0.1) is 0 Å². The number of carbonyl (C=O) groups is 1. The molecule has 1 aromatic carbocycles. The number of amides is 1. The lowest BCUT2D eigenvalue weighted by atomic mass is 10.1. The van der Waals surface area contributed by atoms with Crippen LogP contribution in [0.4, 0.5) is 0 Å². The molecule has 0 saturated carbocycles. The van der Waals surface area contributed by atoms with Gasteiger partial charge in [0.05, 0.1) is 6.10 Å². The van der Waals surface area contributed by atoms with E-state index in [1.165, 1.54) is 0 Å². The third-order valence-electron chi connectivity index (χ3n) is 3.29. The summed E-state index contributed by atoms with van der Waals surface area (Å²) in [4.78, 5) is 12.0. The summed E-state index contributed by atoms with van der Waals surface area (Å²) in [5, 5.41) is 12.6. The van der Waals surface area contributed by atoms with E-state index in [0.29, 0.717) is 11.3 Å². The van der Waals surface area contributed by atoms with E-state index < -0.39 is 12.2 Å². The molecule has 0 aliphatic rings. The van der Waals surface area contributed by atoms with Crippen LogP contribution >= 0.6 is 0 Å². The first-order chi connectivity index (χ1) is 9.35. The minimum absolute atomic E-state index is 0.127. The zero-order valence-corrected chi connectivity index (χ0v) is 12.9. The predicted octanol–water partition coefficient (Wildman–Crippen LogP) is 2.73. The topological polar surface area (TPSA) is 58.6 Å². The van der Waals surface area contributed by atoms with Gasteiger partial charge in [0, 0.05) is 11.6 Å². The highest BCUT2D eigenvalue weighted by molar-refractivity contribution is 5.81. The second kappa shape index (κ2) is 7.29. The first-order valence-electron chi connectivity index (χ1n) is 7.10. The van der Waals surface area contributed by atoms with E-state index in [0.717, 1.165) is 12.0 Å². The molecule has 2 N–H and O–H groups in total. The van der Waals surface area contributed by atoms with Crippen LogP contribution in [0, 0.1) is 6.92 Å². The Kier molecular flexibility index (Phi) is 6.02. The lowest BCUT2D eigenvalue weighted by Gasteiger charge is -2.20. The third-order valence-corrected chi connectivity index (χ3v) is 3.29. The number of aliphatic hydroxyl groups is 1. The van der Waals surface area contributed by atoms with Gasteiger partial charge in [0.2, 0.25) is 0 Å². The van der Waals surface area contributed by atoms with Crippen molar-refractivity contribution in [3.05, 3.63) is 29.3 Å². The molecule has 20 heavy (non-hydrogen) atoms. The van der Waals surface area contributed by atoms with Crippen molar-refractivity contribution in [3.63, 3.8) is 0 Å². The van der Waals surface area contributed by atoms with Gasteiger partial charge in [-0.25, -0.2) is 0 Å². The van der Waals surface area contributed by atoms with Gasteiger partial charge in [-0.1, -0.05) is 19.1 Å². The second-order valence-corrected chi connectivity index (χ2v) is 5.30. The SMILES string of the molecule is CCC(C)NC(=O)C(C)Oc1cc(C)ccc1C(C)O. The van der Waals surface area contributed by atoms with Crippen molar-refractivity contribution in [2.24, 2.45) is 0 Å². The van der Waals surface area contributed by atoms with Gasteiger partial charge in [-0.2, -0.15) is 0 Å². The molecule has 0 fully saturated rings. The number of rotatable bonds is 6. The van der Waals surface area contributed by atoms with Crippen molar-refractivity contribution in [1.82, 2.24) is 5.32 Å². The van der Waals surface area contributed by atoms with Crippen LogP contribution in [0.25, 0.3) is 0 Å². The number of nitrogens with one attached hydrogen (secondary N) is 1. The van der Waals surface area contributed by atoms with Gasteiger partial charge in [-0.05, 0) is 45.7 Å². The van der Waals surface area contributed by atoms with Crippen LogP contribution in [0.15, 0.2) is 18.2 Å². The minimum Gasteiger partial charge on any atom is -0.481 e. The summed E-state index contributed by atoms with van der Waals surface area (Å²) in [7, 11) is 0. The average molecular weight is 279 g/mol. The standard InChI is InChI=1S/C16H25NO3/c1-6-11(3)17-16(19)13(5)20-15-9-10(2)7-8-14(15)12(4)18/h7-9,11-13,18H,6H2,1-5H3,(H,17,19). The summed E-state index contributed by atoms with van der Waals surface area (Å²) in [5.74, 6) is 0.421. The molecule has 0 radical (unpaired) electrons. The van der Waals surface area contributed by atoms with Crippen LogP contribution in [0.1, 0.15) is 51.3 Å². The molecule has 3 atom stereocenters. The summed E-state index contributed by atoms with van der Waals surface area (Å²) in [6, 6.07) is 5.71. The lowest BCUT2D eigenvalue weighted by Crippen LogP contribution is -2.41. The van der Waals surface area contributed by atoms with Crippen molar-refractivity contribution in [1.29, 1.82) is 0 Å². The molecule has 0 bridgehead atoms. The molecule has 112 valence electrons. The van der Waals surface area contributed by atoms with Gasteiger partial charge in [0.15, 0.2) is 6.10 Å². The van der Waals surface area contributed by atoms with Crippen molar-refractivity contribution in [3.8, 4) is 5.75 Å². The highest BCUT2D eigenvalue weighted by Gasteiger charge is 2.19. The molecule has 3 unspecified atom stereocenters. The van der Waals surface area contributed by atoms with E-state index in [-0.39, 0.29) is 11.9 Å². The number of carbonyl (C=O) groups excluding carboxylic acids is 1. The number of aliphatic hydroxyl groups excluding tert-OH is 1. The zero-order chi connectivity index (χ0) is 15.3. The van der Waals surface area contributed by atoms with Crippen LogP contribution in [0.3, 0.4) is 0 Å². The Balaban J connectivity index is 2.81. The molecule has 0 heterocycles. The smallest absolute Gasteiger partial charge is 0.260 e. The molecule has 0 spiro atoms. The first kappa shape index (κ1) is 16.5. The predicted molar refractivity (Wildman–Crippen MR) is 79.8 cm³/mol. The maximum atomic E-state index is 12.0. The Bertz CT molecular complexity index is 457. The minimum atomic E-state index is -0.629.